The highest BCUT2D eigenvalue weighted by Crippen LogP contribution is 2.40. The van der Waals surface area contributed by atoms with E-state index in [1.54, 1.807) is 0 Å². The van der Waals surface area contributed by atoms with E-state index in [1.807, 2.05) is 6.92 Å². The fourth-order valence-corrected chi connectivity index (χ4v) is 3.57. The molecule has 126 valence electrons. The number of ether oxygens (including phenoxy) is 1. The van der Waals surface area contributed by atoms with E-state index in [1.165, 1.54) is 6.42 Å². The van der Waals surface area contributed by atoms with E-state index >= 15 is 0 Å². The topological polar surface area (TPSA) is 42.0 Å². The van der Waals surface area contributed by atoms with Gasteiger partial charge in [0.15, 0.2) is 13.9 Å². The Labute approximate surface area is 136 Å². The summed E-state index contributed by atoms with van der Waals surface area (Å²) in [7, 11) is -1.74. The van der Waals surface area contributed by atoms with Crippen LogP contribution in [0.4, 0.5) is 0 Å². The maximum atomic E-state index is 10.5. The summed E-state index contributed by atoms with van der Waals surface area (Å²) in [6, 6.07) is 0. The van der Waals surface area contributed by atoms with Gasteiger partial charge in [0, 0.05) is 0 Å². The average Bonchev–Trinajstić information content (AvgIpc) is 3.06. The van der Waals surface area contributed by atoms with Gasteiger partial charge in [-0.3, -0.25) is 0 Å². The van der Waals surface area contributed by atoms with E-state index in [0.717, 1.165) is 25.7 Å². The molecule has 0 aromatic carbocycles. The third kappa shape index (κ3) is 4.14. The lowest BCUT2D eigenvalue weighted by Gasteiger charge is -2.36. The van der Waals surface area contributed by atoms with Gasteiger partial charge >= 0.3 is 0 Å². The van der Waals surface area contributed by atoms with Gasteiger partial charge in [-0.2, -0.15) is 0 Å². The highest BCUT2D eigenvalue weighted by atomic mass is 28.4. The van der Waals surface area contributed by atoms with Gasteiger partial charge in [0.2, 0.25) is 0 Å². The zero-order valence-electron chi connectivity index (χ0n) is 15.1. The molecule has 1 saturated heterocycles. The van der Waals surface area contributed by atoms with E-state index in [4.69, 9.17) is 9.16 Å². The second kappa shape index (κ2) is 5.94. The SMILES string of the molecule is CC(C)(C)[Si](C)(C)OC[C@H]1O[C@@]1(C)C#CC1(O)CCCCC1. The number of hydrogen-bond acceptors (Lipinski definition) is 3. The molecule has 1 saturated carbocycles. The second-order valence-electron chi connectivity index (χ2n) is 8.63. The van der Waals surface area contributed by atoms with Crippen molar-refractivity contribution in [3.8, 4) is 11.8 Å². The summed E-state index contributed by atoms with van der Waals surface area (Å²) in [6.45, 7) is 13.8. The van der Waals surface area contributed by atoms with Crippen LogP contribution in [0, 0.1) is 11.8 Å². The molecule has 0 radical (unpaired) electrons. The molecule has 2 rings (SSSR count). The van der Waals surface area contributed by atoms with E-state index in [9.17, 15) is 5.11 Å². The van der Waals surface area contributed by atoms with Gasteiger partial charge in [0.25, 0.3) is 0 Å². The van der Waals surface area contributed by atoms with Crippen molar-refractivity contribution in [2.24, 2.45) is 0 Å². The van der Waals surface area contributed by atoms with E-state index in [2.05, 4.69) is 45.7 Å². The minimum absolute atomic E-state index is 0.0429. The van der Waals surface area contributed by atoms with E-state index in [-0.39, 0.29) is 11.1 Å². The van der Waals surface area contributed by atoms with Gasteiger partial charge < -0.3 is 14.3 Å². The number of rotatable bonds is 3. The fourth-order valence-electron chi connectivity index (χ4n) is 2.57. The Balaban J connectivity index is 1.88. The summed E-state index contributed by atoms with van der Waals surface area (Å²) >= 11 is 0. The third-order valence-electron chi connectivity index (χ3n) is 5.57. The zero-order chi connectivity index (χ0) is 16.6. The molecular formula is C18H32O3Si. The molecule has 2 aliphatic rings. The monoisotopic (exact) mass is 324 g/mol. The number of hydrogen-bond donors (Lipinski definition) is 1. The first-order valence-electron chi connectivity index (χ1n) is 8.56. The Morgan fingerprint density at radius 3 is 2.32 bits per heavy atom. The van der Waals surface area contributed by atoms with Crippen LogP contribution in [-0.4, -0.2) is 37.3 Å². The highest BCUT2D eigenvalue weighted by Gasteiger charge is 2.53. The van der Waals surface area contributed by atoms with Crippen LogP contribution in [-0.2, 0) is 9.16 Å². The van der Waals surface area contributed by atoms with Crippen molar-refractivity contribution in [2.45, 2.75) is 95.2 Å². The molecule has 0 aromatic rings. The van der Waals surface area contributed by atoms with Crippen LogP contribution in [0.25, 0.3) is 0 Å². The first-order chi connectivity index (χ1) is 9.98. The van der Waals surface area contributed by atoms with Gasteiger partial charge in [-0.15, -0.1) is 0 Å². The molecule has 4 heteroatoms. The third-order valence-corrected chi connectivity index (χ3v) is 10.1. The lowest BCUT2D eigenvalue weighted by molar-refractivity contribution is 0.0607. The van der Waals surface area contributed by atoms with Crippen LogP contribution in [0.1, 0.15) is 59.8 Å². The van der Waals surface area contributed by atoms with Crippen LogP contribution < -0.4 is 0 Å². The van der Waals surface area contributed by atoms with Gasteiger partial charge in [-0.05, 0) is 50.7 Å². The minimum atomic E-state index is -1.74. The van der Waals surface area contributed by atoms with Crippen LogP contribution >= 0.6 is 0 Å². The van der Waals surface area contributed by atoms with Crippen molar-refractivity contribution in [3.63, 3.8) is 0 Å². The van der Waals surface area contributed by atoms with Crippen LogP contribution in [0.5, 0.6) is 0 Å². The Morgan fingerprint density at radius 2 is 1.77 bits per heavy atom. The normalized spacial score (nSPS) is 31.3. The maximum absolute atomic E-state index is 10.5. The molecule has 0 spiro atoms. The molecule has 1 N–H and O–H groups in total. The van der Waals surface area contributed by atoms with Crippen molar-refractivity contribution in [3.05, 3.63) is 0 Å². The summed E-state index contributed by atoms with van der Waals surface area (Å²) in [5.74, 6) is 6.28. The van der Waals surface area contributed by atoms with Crippen molar-refractivity contribution in [1.82, 2.24) is 0 Å². The van der Waals surface area contributed by atoms with Crippen LogP contribution in [0.15, 0.2) is 0 Å². The van der Waals surface area contributed by atoms with Crippen LogP contribution in [0.3, 0.4) is 0 Å². The molecule has 3 nitrogen and oxygen atoms in total. The molecule has 0 bridgehead atoms. The molecule has 22 heavy (non-hydrogen) atoms. The van der Waals surface area contributed by atoms with E-state index in [0.29, 0.717) is 6.61 Å². The number of aliphatic hydroxyl groups is 1. The molecular weight excluding hydrogens is 292 g/mol. The molecule has 1 aliphatic heterocycles. The highest BCUT2D eigenvalue weighted by molar-refractivity contribution is 6.74. The van der Waals surface area contributed by atoms with Crippen molar-refractivity contribution < 1.29 is 14.3 Å². The summed E-state index contributed by atoms with van der Waals surface area (Å²) in [5, 5.41) is 10.7. The Kier molecular flexibility index (Phi) is 4.86. The van der Waals surface area contributed by atoms with Crippen LogP contribution in [0.2, 0.25) is 18.1 Å². The smallest absolute Gasteiger partial charge is 0.192 e. The first-order valence-corrected chi connectivity index (χ1v) is 11.5. The molecule has 0 aromatic heterocycles. The lowest BCUT2D eigenvalue weighted by atomic mass is 9.85. The van der Waals surface area contributed by atoms with Crippen molar-refractivity contribution in [1.29, 1.82) is 0 Å². The van der Waals surface area contributed by atoms with Crippen molar-refractivity contribution in [2.75, 3.05) is 6.61 Å². The minimum Gasteiger partial charge on any atom is -0.414 e. The van der Waals surface area contributed by atoms with Gasteiger partial charge in [-0.25, -0.2) is 0 Å². The predicted molar refractivity (Wildman–Crippen MR) is 92.2 cm³/mol. The summed E-state index contributed by atoms with van der Waals surface area (Å²) in [5.41, 5.74) is -1.23. The first kappa shape index (κ1) is 18.0. The fraction of sp³-hybridized carbons (Fsp3) is 0.889. The predicted octanol–water partition coefficient (Wildman–Crippen LogP) is 3.86. The Hall–Kier alpha value is -0.343. The average molecular weight is 325 g/mol. The summed E-state index contributed by atoms with van der Waals surface area (Å²) < 4.78 is 12.0. The summed E-state index contributed by atoms with van der Waals surface area (Å²) in [4.78, 5) is 0. The molecule has 0 unspecified atom stereocenters. The van der Waals surface area contributed by atoms with E-state index < -0.39 is 19.5 Å². The number of epoxide rings is 1. The van der Waals surface area contributed by atoms with Crippen molar-refractivity contribution >= 4 is 8.32 Å². The molecule has 1 heterocycles. The largest absolute Gasteiger partial charge is 0.414 e. The lowest BCUT2D eigenvalue weighted by Crippen LogP contribution is -2.42. The zero-order valence-corrected chi connectivity index (χ0v) is 16.1. The van der Waals surface area contributed by atoms with Gasteiger partial charge in [-0.1, -0.05) is 39.0 Å². The molecule has 0 amide bonds. The standard InChI is InChI=1S/C18H32O3Si/c1-16(2,3)22(5,6)20-14-15-17(4,21-15)12-13-18(19)10-8-7-9-11-18/h15,19H,7-11,14H2,1-6H3/t15-,17+/m1/s1. The quantitative estimate of drug-likeness (QED) is 0.487. The molecule has 1 aliphatic carbocycles. The molecule has 2 atom stereocenters. The molecule has 2 fully saturated rings. The second-order valence-corrected chi connectivity index (χ2v) is 13.4. The maximum Gasteiger partial charge on any atom is 0.192 e. The van der Waals surface area contributed by atoms with Gasteiger partial charge in [0.1, 0.15) is 11.7 Å². The Bertz CT molecular complexity index is 463. The summed E-state index contributed by atoms with van der Waals surface area (Å²) in [6.07, 6.45) is 4.98. The van der Waals surface area contributed by atoms with Gasteiger partial charge in [0.05, 0.1) is 6.61 Å². The Morgan fingerprint density at radius 1 is 1.18 bits per heavy atom.